The topological polar surface area (TPSA) is 76.0 Å². The van der Waals surface area contributed by atoms with E-state index in [0.29, 0.717) is 0 Å². The number of urea groups is 1. The number of hydrogen-bond acceptors (Lipinski definition) is 4. The molecule has 3 rings (SSSR count). The van der Waals surface area contributed by atoms with Gasteiger partial charge in [-0.15, -0.1) is 0 Å². The summed E-state index contributed by atoms with van der Waals surface area (Å²) in [4.78, 5) is 28.3. The number of amides is 3. The summed E-state index contributed by atoms with van der Waals surface area (Å²) in [5, 5.41) is 5.43. The second kappa shape index (κ2) is 7.31. The first-order chi connectivity index (χ1) is 11.9. The van der Waals surface area contributed by atoms with Crippen LogP contribution in [0.5, 0.6) is 0 Å². The summed E-state index contributed by atoms with van der Waals surface area (Å²) in [5.74, 6) is -0.321. The quantitative estimate of drug-likeness (QED) is 0.806. The van der Waals surface area contributed by atoms with E-state index in [9.17, 15) is 9.59 Å². The molecule has 1 aliphatic rings. The number of carbonyl (C=O) groups excluding carboxylic acids is 2. The van der Waals surface area contributed by atoms with E-state index < -0.39 is 11.3 Å². The number of carbonyl (C=O) groups is 2. The summed E-state index contributed by atoms with van der Waals surface area (Å²) in [6.45, 7) is 5.86. The molecule has 0 aliphatic heterocycles. The number of imidazole rings is 1. The van der Waals surface area contributed by atoms with Crippen LogP contribution in [0.15, 0.2) is 35.7 Å². The molecule has 1 unspecified atom stereocenters. The van der Waals surface area contributed by atoms with Gasteiger partial charge in [0.2, 0.25) is 5.91 Å². The molecule has 3 amide bonds. The lowest BCUT2D eigenvalue weighted by Crippen LogP contribution is -2.43. The number of rotatable bonds is 5. The molecule has 25 heavy (non-hydrogen) atoms. The summed E-state index contributed by atoms with van der Waals surface area (Å²) >= 11 is 1.33. The van der Waals surface area contributed by atoms with Crippen LogP contribution in [0.4, 0.5) is 4.79 Å². The molecule has 6 nitrogen and oxygen atoms in total. The zero-order valence-electron chi connectivity index (χ0n) is 14.6. The average Bonchev–Trinajstić information content (AvgIpc) is 3.25. The third-order valence-electron chi connectivity index (χ3n) is 4.03. The first-order valence-electron chi connectivity index (χ1n) is 8.33. The Balaban J connectivity index is 1.68. The van der Waals surface area contributed by atoms with Gasteiger partial charge in [-0.05, 0) is 50.8 Å². The lowest BCUT2D eigenvalue weighted by atomic mass is 10.1. The molecule has 0 spiro atoms. The molecular weight excluding hydrogens is 336 g/mol. The molecule has 1 atom stereocenters. The van der Waals surface area contributed by atoms with Crippen molar-refractivity contribution in [2.75, 3.05) is 0 Å². The number of imide groups is 1. The lowest BCUT2D eigenvalue weighted by Gasteiger charge is -2.14. The van der Waals surface area contributed by atoms with Gasteiger partial charge in [0.1, 0.15) is 0 Å². The van der Waals surface area contributed by atoms with E-state index in [1.54, 1.807) is 13.1 Å². The van der Waals surface area contributed by atoms with Crippen LogP contribution >= 0.6 is 11.8 Å². The van der Waals surface area contributed by atoms with Crippen LogP contribution in [0, 0.1) is 13.8 Å². The Morgan fingerprint density at radius 1 is 1.32 bits per heavy atom. The summed E-state index contributed by atoms with van der Waals surface area (Å²) in [5.41, 5.74) is 3.33. The molecule has 1 saturated carbocycles. The molecule has 1 aliphatic carbocycles. The van der Waals surface area contributed by atoms with Crippen molar-refractivity contribution >= 4 is 23.7 Å². The maximum Gasteiger partial charge on any atom is 0.321 e. The average molecular weight is 358 g/mol. The molecule has 1 heterocycles. The fraction of sp³-hybridized carbons (Fsp3) is 0.389. The van der Waals surface area contributed by atoms with Gasteiger partial charge in [0.15, 0.2) is 5.16 Å². The Labute approximate surface area is 151 Å². The Hall–Kier alpha value is -2.28. The molecule has 2 N–H and O–H groups in total. The van der Waals surface area contributed by atoms with Gasteiger partial charge >= 0.3 is 6.03 Å². The Morgan fingerprint density at radius 2 is 2.08 bits per heavy atom. The van der Waals surface area contributed by atoms with Gasteiger partial charge in [0.25, 0.3) is 0 Å². The van der Waals surface area contributed by atoms with Crippen molar-refractivity contribution in [1.82, 2.24) is 20.2 Å². The predicted molar refractivity (Wildman–Crippen MR) is 98.1 cm³/mol. The molecule has 1 fully saturated rings. The molecule has 7 heteroatoms. The van der Waals surface area contributed by atoms with Crippen LogP contribution < -0.4 is 10.6 Å². The summed E-state index contributed by atoms with van der Waals surface area (Å²) in [6.07, 6.45) is 5.57. The Bertz CT molecular complexity index is 798. The minimum absolute atomic E-state index is 0.221. The normalized spacial score (nSPS) is 14.8. The van der Waals surface area contributed by atoms with Crippen LogP contribution in [0.2, 0.25) is 0 Å². The minimum Gasteiger partial charge on any atom is -0.335 e. The fourth-order valence-electron chi connectivity index (χ4n) is 2.41. The first-order valence-corrected chi connectivity index (χ1v) is 9.21. The van der Waals surface area contributed by atoms with Crippen LogP contribution in [-0.4, -0.2) is 32.8 Å². The van der Waals surface area contributed by atoms with Crippen LogP contribution in [0.25, 0.3) is 5.69 Å². The summed E-state index contributed by atoms with van der Waals surface area (Å²) in [6, 6.07) is 6.03. The highest BCUT2D eigenvalue weighted by Gasteiger charge is 2.25. The number of aryl methyl sites for hydroxylation is 2. The minimum atomic E-state index is -0.434. The Kier molecular flexibility index (Phi) is 5.13. The van der Waals surface area contributed by atoms with Crippen LogP contribution in [0.1, 0.15) is 30.9 Å². The molecular formula is C18H22N4O2S. The summed E-state index contributed by atoms with van der Waals surface area (Å²) < 4.78 is 1.97. The van der Waals surface area contributed by atoms with Gasteiger partial charge in [0, 0.05) is 18.4 Å². The maximum atomic E-state index is 12.2. The summed E-state index contributed by atoms with van der Waals surface area (Å²) in [7, 11) is 0. The van der Waals surface area contributed by atoms with Crippen molar-refractivity contribution in [3.8, 4) is 5.69 Å². The van der Waals surface area contributed by atoms with Gasteiger partial charge in [-0.25, -0.2) is 9.78 Å². The lowest BCUT2D eigenvalue weighted by molar-refractivity contribution is -0.119. The van der Waals surface area contributed by atoms with Crippen LogP contribution in [0.3, 0.4) is 0 Å². The highest BCUT2D eigenvalue weighted by atomic mass is 32.2. The predicted octanol–water partition coefficient (Wildman–Crippen LogP) is 2.96. The van der Waals surface area contributed by atoms with Crippen molar-refractivity contribution in [3.63, 3.8) is 0 Å². The number of thioether (sulfide) groups is 1. The zero-order chi connectivity index (χ0) is 18.0. The molecule has 0 saturated heterocycles. The SMILES string of the molecule is Cc1ccc(C)c(-n2ccnc2SC(C)C(=O)NC(=O)NC2CC2)c1. The van der Waals surface area contributed by atoms with Crippen LogP contribution in [-0.2, 0) is 4.79 Å². The van der Waals surface area contributed by atoms with E-state index in [-0.39, 0.29) is 11.9 Å². The largest absolute Gasteiger partial charge is 0.335 e. The molecule has 1 aromatic heterocycles. The number of aromatic nitrogens is 2. The monoisotopic (exact) mass is 358 g/mol. The van der Waals surface area contributed by atoms with Crippen molar-refractivity contribution in [1.29, 1.82) is 0 Å². The van der Waals surface area contributed by atoms with Gasteiger partial charge in [-0.3, -0.25) is 14.7 Å². The first kappa shape index (κ1) is 17.5. The van der Waals surface area contributed by atoms with Gasteiger partial charge in [-0.2, -0.15) is 0 Å². The van der Waals surface area contributed by atoms with E-state index in [1.165, 1.54) is 11.8 Å². The van der Waals surface area contributed by atoms with E-state index >= 15 is 0 Å². The smallest absolute Gasteiger partial charge is 0.321 e. The second-order valence-corrected chi connectivity index (χ2v) is 7.67. The third-order valence-corrected chi connectivity index (χ3v) is 5.11. The highest BCUT2D eigenvalue weighted by molar-refractivity contribution is 8.00. The number of hydrogen-bond donors (Lipinski definition) is 2. The van der Waals surface area contributed by atoms with Crippen molar-refractivity contribution < 1.29 is 9.59 Å². The van der Waals surface area contributed by atoms with E-state index in [0.717, 1.165) is 34.8 Å². The third kappa shape index (κ3) is 4.42. The highest BCUT2D eigenvalue weighted by Crippen LogP contribution is 2.26. The van der Waals surface area contributed by atoms with Crippen molar-refractivity contribution in [3.05, 3.63) is 41.7 Å². The molecule has 1 aromatic carbocycles. The van der Waals surface area contributed by atoms with Gasteiger partial charge in [-0.1, -0.05) is 23.9 Å². The number of nitrogens with zero attached hydrogens (tertiary/aromatic N) is 2. The van der Waals surface area contributed by atoms with Crippen molar-refractivity contribution in [2.24, 2.45) is 0 Å². The van der Waals surface area contributed by atoms with Gasteiger partial charge in [0.05, 0.1) is 10.9 Å². The second-order valence-electron chi connectivity index (χ2n) is 6.37. The molecule has 0 bridgehead atoms. The molecule has 132 valence electrons. The standard InChI is InChI=1S/C18H22N4O2S/c1-11-4-5-12(2)15(10-11)22-9-8-19-18(22)25-13(3)16(23)21-17(24)20-14-6-7-14/h4-5,8-10,13-14H,6-7H2,1-3H3,(H2,20,21,23,24). The fourth-order valence-corrected chi connectivity index (χ4v) is 3.29. The van der Waals surface area contributed by atoms with E-state index in [4.69, 9.17) is 0 Å². The van der Waals surface area contributed by atoms with E-state index in [2.05, 4.69) is 33.8 Å². The zero-order valence-corrected chi connectivity index (χ0v) is 15.4. The van der Waals surface area contributed by atoms with Crippen molar-refractivity contribution in [2.45, 2.75) is 50.1 Å². The molecule has 0 radical (unpaired) electrons. The maximum absolute atomic E-state index is 12.2. The Morgan fingerprint density at radius 3 is 2.80 bits per heavy atom. The number of benzene rings is 1. The number of nitrogens with one attached hydrogen (secondary N) is 2. The van der Waals surface area contributed by atoms with Gasteiger partial charge < -0.3 is 5.32 Å². The molecule has 2 aromatic rings. The van der Waals surface area contributed by atoms with E-state index in [1.807, 2.05) is 24.6 Å².